The zero-order chi connectivity index (χ0) is 22.3. The molecule has 0 atom stereocenters. The number of methoxy groups -OCH3 is 1. The number of hydrogen-bond donors (Lipinski definition) is 2. The van der Waals surface area contributed by atoms with Gasteiger partial charge in [-0.3, -0.25) is 14.5 Å². The Bertz CT molecular complexity index is 918. The molecule has 4 rings (SSSR count). The molecule has 2 fully saturated rings. The summed E-state index contributed by atoms with van der Waals surface area (Å²) in [4.78, 5) is 27.6. The van der Waals surface area contributed by atoms with Crippen LogP contribution in [0.4, 0.5) is 11.4 Å². The van der Waals surface area contributed by atoms with Crippen LogP contribution in [0.25, 0.3) is 0 Å². The van der Waals surface area contributed by atoms with Gasteiger partial charge < -0.3 is 15.4 Å². The average Bonchev–Trinajstić information content (AvgIpc) is 3.66. The van der Waals surface area contributed by atoms with Gasteiger partial charge in [0.15, 0.2) is 0 Å². The highest BCUT2D eigenvalue weighted by molar-refractivity contribution is 6.05. The van der Waals surface area contributed by atoms with Crippen molar-refractivity contribution in [3.63, 3.8) is 0 Å². The third kappa shape index (κ3) is 6.10. The van der Waals surface area contributed by atoms with Crippen LogP contribution in [0.5, 0.6) is 5.75 Å². The molecule has 0 spiro atoms. The number of rotatable bonds is 9. The molecular weight excluding hydrogens is 402 g/mol. The highest BCUT2D eigenvalue weighted by atomic mass is 16.5. The summed E-state index contributed by atoms with van der Waals surface area (Å²) in [6.45, 7) is 1.48. The maximum Gasteiger partial charge on any atom is 0.255 e. The number of nitrogens with one attached hydrogen (secondary N) is 2. The second-order valence-corrected chi connectivity index (χ2v) is 8.94. The van der Waals surface area contributed by atoms with Gasteiger partial charge in [-0.1, -0.05) is 31.4 Å². The van der Waals surface area contributed by atoms with Crippen LogP contribution in [-0.2, 0) is 4.79 Å². The summed E-state index contributed by atoms with van der Waals surface area (Å²) < 4.78 is 5.28. The third-order valence-corrected chi connectivity index (χ3v) is 6.41. The van der Waals surface area contributed by atoms with Gasteiger partial charge in [-0.05, 0) is 68.0 Å². The first-order valence-corrected chi connectivity index (χ1v) is 11.7. The summed E-state index contributed by atoms with van der Waals surface area (Å²) in [7, 11) is 1.57. The predicted molar refractivity (Wildman–Crippen MR) is 127 cm³/mol. The van der Waals surface area contributed by atoms with Crippen molar-refractivity contribution in [2.75, 3.05) is 30.8 Å². The van der Waals surface area contributed by atoms with Gasteiger partial charge in [0, 0.05) is 23.8 Å². The molecule has 0 aliphatic heterocycles. The average molecular weight is 436 g/mol. The van der Waals surface area contributed by atoms with E-state index in [2.05, 4.69) is 15.5 Å². The Morgan fingerprint density at radius 3 is 2.34 bits per heavy atom. The quantitative estimate of drug-likeness (QED) is 0.586. The van der Waals surface area contributed by atoms with Crippen LogP contribution in [0.2, 0.25) is 0 Å². The van der Waals surface area contributed by atoms with E-state index in [0.717, 1.165) is 12.5 Å². The van der Waals surface area contributed by atoms with E-state index in [1.165, 1.54) is 44.9 Å². The maximum atomic E-state index is 12.7. The molecule has 2 aliphatic carbocycles. The first-order valence-electron chi connectivity index (χ1n) is 11.7. The Kier molecular flexibility index (Phi) is 7.43. The number of carbonyl (C=O) groups is 2. The number of hydrogen-bond acceptors (Lipinski definition) is 4. The van der Waals surface area contributed by atoms with Gasteiger partial charge >= 0.3 is 0 Å². The van der Waals surface area contributed by atoms with E-state index in [4.69, 9.17) is 4.74 Å². The summed E-state index contributed by atoms with van der Waals surface area (Å²) in [6.07, 6.45) is 9.00. The Morgan fingerprint density at radius 1 is 0.938 bits per heavy atom. The molecule has 0 radical (unpaired) electrons. The zero-order valence-electron chi connectivity index (χ0n) is 18.8. The summed E-state index contributed by atoms with van der Waals surface area (Å²) in [5.74, 6) is 1.13. The van der Waals surface area contributed by atoms with Crippen LogP contribution < -0.4 is 15.4 Å². The summed E-state index contributed by atoms with van der Waals surface area (Å²) in [5, 5.41) is 5.86. The minimum Gasteiger partial charge on any atom is -0.495 e. The molecular formula is C26H33N3O3. The summed E-state index contributed by atoms with van der Waals surface area (Å²) in [5.41, 5.74) is 1.85. The highest BCUT2D eigenvalue weighted by Gasteiger charge is 2.32. The molecule has 0 bridgehead atoms. The van der Waals surface area contributed by atoms with E-state index >= 15 is 0 Å². The molecule has 0 unspecified atom stereocenters. The second kappa shape index (κ2) is 10.6. The number of amides is 2. The predicted octanol–water partition coefficient (Wildman–Crippen LogP) is 4.93. The lowest BCUT2D eigenvalue weighted by atomic mass is 9.89. The topological polar surface area (TPSA) is 70.7 Å². The van der Waals surface area contributed by atoms with Crippen molar-refractivity contribution in [1.29, 1.82) is 0 Å². The lowest BCUT2D eigenvalue weighted by Crippen LogP contribution is -2.38. The fourth-order valence-electron chi connectivity index (χ4n) is 4.52. The first-order chi connectivity index (χ1) is 15.6. The molecule has 2 aliphatic rings. The number of nitrogens with zero attached hydrogens (tertiary/aromatic N) is 1. The van der Waals surface area contributed by atoms with Gasteiger partial charge in [0.2, 0.25) is 5.91 Å². The summed E-state index contributed by atoms with van der Waals surface area (Å²) >= 11 is 0. The smallest absolute Gasteiger partial charge is 0.255 e. The molecule has 0 aromatic heterocycles. The van der Waals surface area contributed by atoms with Crippen LogP contribution in [0.15, 0.2) is 48.5 Å². The number of benzene rings is 2. The lowest BCUT2D eigenvalue weighted by Gasteiger charge is -2.29. The molecule has 32 heavy (non-hydrogen) atoms. The zero-order valence-corrected chi connectivity index (χ0v) is 18.8. The van der Waals surface area contributed by atoms with Gasteiger partial charge in [0.25, 0.3) is 5.91 Å². The Morgan fingerprint density at radius 2 is 1.66 bits per heavy atom. The van der Waals surface area contributed by atoms with Crippen LogP contribution in [0.3, 0.4) is 0 Å². The monoisotopic (exact) mass is 435 g/mol. The Hall–Kier alpha value is -2.86. The van der Waals surface area contributed by atoms with Crippen LogP contribution >= 0.6 is 0 Å². The largest absolute Gasteiger partial charge is 0.495 e. The van der Waals surface area contributed by atoms with E-state index in [0.29, 0.717) is 35.3 Å². The number of ether oxygens (including phenoxy) is 1. The van der Waals surface area contributed by atoms with Crippen molar-refractivity contribution in [3.8, 4) is 5.75 Å². The molecule has 6 heteroatoms. The summed E-state index contributed by atoms with van der Waals surface area (Å²) in [6, 6.07) is 14.9. The molecule has 2 amide bonds. The maximum absolute atomic E-state index is 12.7. The van der Waals surface area contributed by atoms with Gasteiger partial charge in [-0.15, -0.1) is 0 Å². The standard InChI is InChI=1S/C26H33N3O3/c1-32-24-10-6-5-9-23(24)28-26(31)20-11-13-21(14-12-20)27-25(30)18-29(22-15-16-22)17-19-7-3-2-4-8-19/h5-6,9-14,19,22H,2-4,7-8,15-18H2,1H3,(H,27,30)(H,28,31). The van der Waals surface area contributed by atoms with E-state index in [9.17, 15) is 9.59 Å². The molecule has 6 nitrogen and oxygen atoms in total. The number of anilines is 2. The van der Waals surface area contributed by atoms with Crippen molar-refractivity contribution in [2.45, 2.75) is 51.0 Å². The van der Waals surface area contributed by atoms with Crippen molar-refractivity contribution in [2.24, 2.45) is 5.92 Å². The van der Waals surface area contributed by atoms with Crippen LogP contribution in [0, 0.1) is 5.92 Å². The SMILES string of the molecule is COc1ccccc1NC(=O)c1ccc(NC(=O)CN(CC2CCCCC2)C2CC2)cc1. The fourth-order valence-corrected chi connectivity index (χ4v) is 4.52. The van der Waals surface area contributed by atoms with E-state index in [1.54, 1.807) is 43.5 Å². The minimum absolute atomic E-state index is 0.0129. The first kappa shape index (κ1) is 22.3. The van der Waals surface area contributed by atoms with E-state index in [1.807, 2.05) is 12.1 Å². The molecule has 2 saturated carbocycles. The van der Waals surface area contributed by atoms with E-state index < -0.39 is 0 Å². The normalized spacial score (nSPS) is 16.6. The molecule has 2 aromatic rings. The minimum atomic E-state index is -0.222. The Labute approximate surface area is 190 Å². The number of para-hydroxylation sites is 2. The lowest BCUT2D eigenvalue weighted by molar-refractivity contribution is -0.117. The van der Waals surface area contributed by atoms with Crippen molar-refractivity contribution < 1.29 is 14.3 Å². The van der Waals surface area contributed by atoms with Crippen LogP contribution in [0.1, 0.15) is 55.3 Å². The van der Waals surface area contributed by atoms with Gasteiger partial charge in [0.05, 0.1) is 19.3 Å². The highest BCUT2D eigenvalue weighted by Crippen LogP contribution is 2.31. The third-order valence-electron chi connectivity index (χ3n) is 6.41. The van der Waals surface area contributed by atoms with Crippen molar-refractivity contribution in [3.05, 3.63) is 54.1 Å². The van der Waals surface area contributed by atoms with Gasteiger partial charge in [-0.25, -0.2) is 0 Å². The fraction of sp³-hybridized carbons (Fsp3) is 0.462. The second-order valence-electron chi connectivity index (χ2n) is 8.94. The molecule has 170 valence electrons. The van der Waals surface area contributed by atoms with E-state index in [-0.39, 0.29) is 11.8 Å². The molecule has 2 N–H and O–H groups in total. The van der Waals surface area contributed by atoms with Crippen LogP contribution in [-0.4, -0.2) is 43.0 Å². The van der Waals surface area contributed by atoms with Gasteiger partial charge in [0.1, 0.15) is 5.75 Å². The molecule has 0 saturated heterocycles. The molecule has 0 heterocycles. The number of carbonyl (C=O) groups excluding carboxylic acids is 2. The van der Waals surface area contributed by atoms with Crippen molar-refractivity contribution >= 4 is 23.2 Å². The van der Waals surface area contributed by atoms with Gasteiger partial charge in [-0.2, -0.15) is 0 Å². The Balaban J connectivity index is 1.30. The molecule has 2 aromatic carbocycles. The van der Waals surface area contributed by atoms with Crippen molar-refractivity contribution in [1.82, 2.24) is 4.90 Å².